The molecule has 0 amide bonds. The maximum absolute atomic E-state index is 12.3. The summed E-state index contributed by atoms with van der Waals surface area (Å²) < 4.78 is 2.15. The van der Waals surface area contributed by atoms with E-state index in [0.29, 0.717) is 11.7 Å². The fourth-order valence-corrected chi connectivity index (χ4v) is 4.21. The van der Waals surface area contributed by atoms with Crippen LogP contribution in [0.1, 0.15) is 22.6 Å². The summed E-state index contributed by atoms with van der Waals surface area (Å²) in [7, 11) is 0. The van der Waals surface area contributed by atoms with Gasteiger partial charge in [-0.3, -0.25) is 14.1 Å². The summed E-state index contributed by atoms with van der Waals surface area (Å²) in [5.41, 5.74) is 4.01. The van der Waals surface area contributed by atoms with E-state index in [1.165, 1.54) is 17.5 Å². The largest absolute Gasteiger partial charge is 0.301 e. The first-order chi connectivity index (χ1) is 11.2. The van der Waals surface area contributed by atoms with E-state index in [2.05, 4.69) is 35.8 Å². The summed E-state index contributed by atoms with van der Waals surface area (Å²) in [6, 6.07) is 0. The van der Waals surface area contributed by atoms with Gasteiger partial charge in [0.25, 0.3) is 5.56 Å². The third-order valence-corrected chi connectivity index (χ3v) is 5.59. The molecule has 6 nitrogen and oxygen atoms in total. The lowest BCUT2D eigenvalue weighted by atomic mass is 10.1. The number of aryl methyl sites for hydroxylation is 1. The number of fused-ring (bicyclic) bond motifs is 2. The number of aromatic nitrogens is 4. The maximum atomic E-state index is 12.3. The van der Waals surface area contributed by atoms with Gasteiger partial charge in [0.15, 0.2) is 10.1 Å². The summed E-state index contributed by atoms with van der Waals surface area (Å²) in [6.45, 7) is 4.40. The van der Waals surface area contributed by atoms with Crippen molar-refractivity contribution in [2.75, 3.05) is 12.8 Å². The van der Waals surface area contributed by atoms with E-state index in [0.717, 1.165) is 41.4 Å². The van der Waals surface area contributed by atoms with Crippen LogP contribution < -0.4 is 5.56 Å². The number of hydrogen-bond acceptors (Lipinski definition) is 6. The molecule has 4 rings (SSSR count). The van der Waals surface area contributed by atoms with E-state index in [1.54, 1.807) is 11.3 Å². The van der Waals surface area contributed by atoms with Crippen molar-refractivity contribution < 1.29 is 0 Å². The first kappa shape index (κ1) is 14.9. The molecule has 1 aliphatic rings. The molecular weight excluding hydrogens is 330 g/mol. The monoisotopic (exact) mass is 347 g/mol. The molecule has 4 heterocycles. The van der Waals surface area contributed by atoms with Crippen molar-refractivity contribution in [2.24, 2.45) is 0 Å². The predicted octanol–water partition coefficient (Wildman–Crippen LogP) is 2.07. The minimum Gasteiger partial charge on any atom is -0.301 e. The van der Waals surface area contributed by atoms with Crippen LogP contribution in [0, 0.1) is 6.92 Å². The highest BCUT2D eigenvalue weighted by Gasteiger charge is 2.23. The van der Waals surface area contributed by atoms with Gasteiger partial charge in [-0.2, -0.15) is 0 Å². The second kappa shape index (κ2) is 5.77. The zero-order valence-electron chi connectivity index (χ0n) is 13.0. The van der Waals surface area contributed by atoms with Gasteiger partial charge in [-0.05, 0) is 13.2 Å². The third kappa shape index (κ3) is 2.60. The lowest BCUT2D eigenvalue weighted by Gasteiger charge is -2.27. The zero-order valence-corrected chi connectivity index (χ0v) is 14.6. The molecule has 0 saturated carbocycles. The van der Waals surface area contributed by atoms with E-state index in [4.69, 9.17) is 0 Å². The Kier molecular flexibility index (Phi) is 3.74. The van der Waals surface area contributed by atoms with Gasteiger partial charge in [-0.15, -0.1) is 11.3 Å². The van der Waals surface area contributed by atoms with Crippen LogP contribution in [0.4, 0.5) is 0 Å². The van der Waals surface area contributed by atoms with Crippen molar-refractivity contribution >= 4 is 28.1 Å². The van der Waals surface area contributed by atoms with Crippen LogP contribution in [-0.2, 0) is 19.5 Å². The van der Waals surface area contributed by atoms with Gasteiger partial charge in [0, 0.05) is 37.6 Å². The van der Waals surface area contributed by atoms with Crippen LogP contribution >= 0.6 is 23.1 Å². The molecule has 23 heavy (non-hydrogen) atoms. The minimum absolute atomic E-state index is 0.00487. The van der Waals surface area contributed by atoms with Crippen molar-refractivity contribution in [3.05, 3.63) is 44.6 Å². The number of thioether (sulfide) groups is 1. The molecule has 3 aromatic heterocycles. The van der Waals surface area contributed by atoms with Gasteiger partial charge in [0.2, 0.25) is 0 Å². The van der Waals surface area contributed by atoms with Gasteiger partial charge in [-0.25, -0.2) is 9.97 Å². The highest BCUT2D eigenvalue weighted by atomic mass is 32.2. The fraction of sp³-hybridized carbons (Fsp3) is 0.400. The van der Waals surface area contributed by atoms with E-state index in [-0.39, 0.29) is 5.56 Å². The Labute approximate surface area is 141 Å². The Hall–Kier alpha value is -1.64. The number of rotatable bonds is 3. The smallest absolute Gasteiger partial charge is 0.256 e. The molecule has 0 unspecified atom stereocenters. The molecule has 0 fully saturated rings. The highest BCUT2D eigenvalue weighted by molar-refractivity contribution is 7.98. The molecular formula is C15H17N5OS2. The van der Waals surface area contributed by atoms with Gasteiger partial charge >= 0.3 is 0 Å². The van der Waals surface area contributed by atoms with Crippen LogP contribution in [0.2, 0.25) is 0 Å². The number of thiazole rings is 1. The van der Waals surface area contributed by atoms with E-state index in [1.807, 2.05) is 13.2 Å². The third-order valence-electron chi connectivity index (χ3n) is 4.25. The van der Waals surface area contributed by atoms with Gasteiger partial charge in [0.1, 0.15) is 0 Å². The summed E-state index contributed by atoms with van der Waals surface area (Å²) in [6.07, 6.45) is 4.80. The number of nitrogens with zero attached hydrogens (tertiary/aromatic N) is 4. The van der Waals surface area contributed by atoms with Crippen LogP contribution in [0.5, 0.6) is 0 Å². The molecule has 8 heteroatoms. The van der Waals surface area contributed by atoms with Crippen LogP contribution in [0.25, 0.3) is 4.96 Å². The van der Waals surface area contributed by atoms with Crippen LogP contribution in [0.15, 0.2) is 21.5 Å². The SMILES string of the molecule is CSc1nc2c(c(=O)[nH]1)CN(Cc1c(C)nc3sccn13)CC2. The number of aromatic amines is 1. The second-order valence-corrected chi connectivity index (χ2v) is 7.33. The summed E-state index contributed by atoms with van der Waals surface area (Å²) in [5.74, 6) is 0. The van der Waals surface area contributed by atoms with Crippen molar-refractivity contribution in [1.82, 2.24) is 24.3 Å². The molecule has 0 saturated heterocycles. The number of imidazole rings is 1. The Balaban J connectivity index is 1.62. The highest BCUT2D eigenvalue weighted by Crippen LogP contribution is 2.22. The maximum Gasteiger partial charge on any atom is 0.256 e. The molecule has 0 aromatic carbocycles. The molecule has 1 aliphatic heterocycles. The van der Waals surface area contributed by atoms with Gasteiger partial charge < -0.3 is 4.98 Å². The van der Waals surface area contributed by atoms with Gasteiger partial charge in [0.05, 0.1) is 22.6 Å². The Bertz CT molecular complexity index is 926. The average Bonchev–Trinajstić information content (AvgIpc) is 3.10. The van der Waals surface area contributed by atoms with Crippen LogP contribution in [-0.4, -0.2) is 37.1 Å². The van der Waals surface area contributed by atoms with Gasteiger partial charge in [-0.1, -0.05) is 11.8 Å². The molecule has 0 radical (unpaired) electrons. The van der Waals surface area contributed by atoms with E-state index < -0.39 is 0 Å². The lowest BCUT2D eigenvalue weighted by Crippen LogP contribution is -2.35. The minimum atomic E-state index is -0.00487. The Morgan fingerprint density at radius 1 is 1.43 bits per heavy atom. The fourth-order valence-electron chi connectivity index (χ4n) is 3.03. The Morgan fingerprint density at radius 2 is 2.30 bits per heavy atom. The normalized spacial score (nSPS) is 15.2. The van der Waals surface area contributed by atoms with Crippen molar-refractivity contribution in [3.8, 4) is 0 Å². The molecule has 3 aromatic rings. The molecule has 0 atom stereocenters. The summed E-state index contributed by atoms with van der Waals surface area (Å²) in [5, 5.41) is 2.75. The van der Waals surface area contributed by atoms with Crippen molar-refractivity contribution in [2.45, 2.75) is 31.6 Å². The number of H-pyrrole nitrogens is 1. The second-order valence-electron chi connectivity index (χ2n) is 5.66. The predicted molar refractivity (Wildman–Crippen MR) is 92.3 cm³/mol. The topological polar surface area (TPSA) is 66.3 Å². The average molecular weight is 347 g/mol. The van der Waals surface area contributed by atoms with Crippen molar-refractivity contribution in [3.63, 3.8) is 0 Å². The standard InChI is InChI=1S/C15H17N5OS2/c1-9-12(20-5-6-23-15(20)16-9)8-19-4-3-11-10(7-19)13(21)18-14(17-11)22-2/h5-6H,3-4,7-8H2,1-2H3,(H,17,18,21). The Morgan fingerprint density at radius 3 is 3.13 bits per heavy atom. The number of nitrogens with one attached hydrogen (secondary N) is 1. The molecule has 120 valence electrons. The van der Waals surface area contributed by atoms with Crippen LogP contribution in [0.3, 0.4) is 0 Å². The van der Waals surface area contributed by atoms with E-state index >= 15 is 0 Å². The van der Waals surface area contributed by atoms with E-state index in [9.17, 15) is 4.79 Å². The molecule has 1 N–H and O–H groups in total. The summed E-state index contributed by atoms with van der Waals surface area (Å²) in [4.78, 5) is 27.6. The lowest BCUT2D eigenvalue weighted by molar-refractivity contribution is 0.237. The van der Waals surface area contributed by atoms with Crippen molar-refractivity contribution in [1.29, 1.82) is 0 Å². The molecule has 0 bridgehead atoms. The summed E-state index contributed by atoms with van der Waals surface area (Å²) >= 11 is 3.12. The quantitative estimate of drug-likeness (QED) is 0.580. The zero-order chi connectivity index (χ0) is 16.0. The molecule has 0 aliphatic carbocycles. The number of hydrogen-bond donors (Lipinski definition) is 1. The first-order valence-electron chi connectivity index (χ1n) is 7.45. The first-order valence-corrected chi connectivity index (χ1v) is 9.55. The molecule has 0 spiro atoms.